The van der Waals surface area contributed by atoms with E-state index in [1.54, 1.807) is 7.11 Å². The van der Waals surface area contributed by atoms with E-state index in [0.29, 0.717) is 0 Å². The number of carbonyl (C=O) groups excluding carboxylic acids is 1. The van der Waals surface area contributed by atoms with E-state index in [1.807, 2.05) is 53.1 Å². The lowest BCUT2D eigenvalue weighted by atomic mass is 9.97. The van der Waals surface area contributed by atoms with Crippen molar-refractivity contribution in [2.75, 3.05) is 19.4 Å². The van der Waals surface area contributed by atoms with Crippen molar-refractivity contribution in [3.63, 3.8) is 0 Å². The molecule has 0 aromatic heterocycles. The number of hydrogen-bond donors (Lipinski definition) is 0. The monoisotopic (exact) mass is 297 g/mol. The molecule has 106 valence electrons. The molecule has 0 radical (unpaired) electrons. The van der Waals surface area contributed by atoms with Crippen LogP contribution in [0.4, 0.5) is 0 Å². The van der Waals surface area contributed by atoms with Crippen molar-refractivity contribution in [2.24, 2.45) is 0 Å². The number of fused-ring (bicyclic) bond motifs is 3. The van der Waals surface area contributed by atoms with Crippen LogP contribution in [-0.4, -0.2) is 30.2 Å². The Balaban J connectivity index is 2.00. The smallest absolute Gasteiger partial charge is 0.255 e. The topological polar surface area (TPSA) is 29.5 Å². The molecule has 0 aliphatic carbocycles. The number of ether oxygens (including phenoxy) is 1. The predicted molar refractivity (Wildman–Crippen MR) is 83.7 cm³/mol. The second-order valence-corrected chi connectivity index (χ2v) is 6.51. The number of nitrogens with zero attached hydrogens (tertiary/aromatic N) is 1. The molecule has 2 heterocycles. The van der Waals surface area contributed by atoms with E-state index in [0.717, 1.165) is 34.7 Å². The van der Waals surface area contributed by atoms with Gasteiger partial charge in [-0.25, -0.2) is 0 Å². The van der Waals surface area contributed by atoms with Crippen LogP contribution in [0.3, 0.4) is 0 Å². The maximum atomic E-state index is 12.7. The van der Waals surface area contributed by atoms with E-state index < -0.39 is 0 Å². The van der Waals surface area contributed by atoms with Crippen molar-refractivity contribution in [1.82, 2.24) is 4.90 Å². The summed E-state index contributed by atoms with van der Waals surface area (Å²) in [6.45, 7) is 0.787. The number of methoxy groups -OCH3 is 1. The zero-order valence-electron chi connectivity index (χ0n) is 11.7. The first kappa shape index (κ1) is 12.8. The molecule has 21 heavy (non-hydrogen) atoms. The molecule has 2 aromatic rings. The molecule has 1 atom stereocenters. The summed E-state index contributed by atoms with van der Waals surface area (Å²) < 4.78 is 5.36. The number of thioether (sulfide) groups is 1. The molecule has 0 bridgehead atoms. The fourth-order valence-electron chi connectivity index (χ4n) is 3.31. The van der Waals surface area contributed by atoms with E-state index in [1.165, 1.54) is 0 Å². The Bertz CT molecular complexity index is 716. The summed E-state index contributed by atoms with van der Waals surface area (Å²) >= 11 is 1.83. The normalized spacial score (nSPS) is 23.1. The highest BCUT2D eigenvalue weighted by Gasteiger charge is 2.54. The van der Waals surface area contributed by atoms with Gasteiger partial charge in [-0.3, -0.25) is 4.79 Å². The highest BCUT2D eigenvalue weighted by Crippen LogP contribution is 2.55. The van der Waals surface area contributed by atoms with Crippen LogP contribution < -0.4 is 4.74 Å². The Labute approximate surface area is 127 Å². The van der Waals surface area contributed by atoms with Gasteiger partial charge in [0.05, 0.1) is 7.11 Å². The second kappa shape index (κ2) is 4.53. The van der Waals surface area contributed by atoms with E-state index in [-0.39, 0.29) is 10.8 Å². The number of rotatable bonds is 2. The molecular formula is C17H15NO2S. The molecule has 0 saturated carbocycles. The summed E-state index contributed by atoms with van der Waals surface area (Å²) in [6.07, 6.45) is 0. The second-order valence-electron chi connectivity index (χ2n) is 5.23. The quantitative estimate of drug-likeness (QED) is 0.853. The first-order valence-corrected chi connectivity index (χ1v) is 7.96. The molecule has 3 nitrogen and oxygen atoms in total. The van der Waals surface area contributed by atoms with Crippen LogP contribution in [0.1, 0.15) is 21.5 Å². The summed E-state index contributed by atoms with van der Waals surface area (Å²) in [5, 5.41) is 0. The van der Waals surface area contributed by atoms with Gasteiger partial charge >= 0.3 is 0 Å². The first-order valence-electron chi connectivity index (χ1n) is 6.97. The molecule has 1 unspecified atom stereocenters. The third kappa shape index (κ3) is 1.59. The van der Waals surface area contributed by atoms with Gasteiger partial charge in [0.25, 0.3) is 5.91 Å². The lowest BCUT2D eigenvalue weighted by Gasteiger charge is -2.32. The Morgan fingerprint density at radius 2 is 2.00 bits per heavy atom. The van der Waals surface area contributed by atoms with Crippen molar-refractivity contribution in [2.45, 2.75) is 4.87 Å². The van der Waals surface area contributed by atoms with E-state index in [4.69, 9.17) is 4.74 Å². The largest absolute Gasteiger partial charge is 0.497 e. The molecule has 4 heteroatoms. The van der Waals surface area contributed by atoms with Gasteiger partial charge in [-0.05, 0) is 23.8 Å². The Hall–Kier alpha value is -1.94. The molecular weight excluding hydrogens is 282 g/mol. The minimum absolute atomic E-state index is 0.126. The number of benzene rings is 2. The SMILES string of the molecule is COc1ccc2c(c1)C1(c3ccccc3)SCCN1C2=O. The third-order valence-electron chi connectivity index (χ3n) is 4.24. The van der Waals surface area contributed by atoms with Gasteiger partial charge in [0, 0.05) is 23.4 Å². The zero-order valence-corrected chi connectivity index (χ0v) is 12.5. The highest BCUT2D eigenvalue weighted by atomic mass is 32.2. The van der Waals surface area contributed by atoms with E-state index >= 15 is 0 Å². The van der Waals surface area contributed by atoms with Crippen LogP contribution in [0, 0.1) is 0 Å². The number of carbonyl (C=O) groups is 1. The minimum Gasteiger partial charge on any atom is -0.497 e. The zero-order chi connectivity index (χ0) is 14.4. The Morgan fingerprint density at radius 1 is 1.19 bits per heavy atom. The van der Waals surface area contributed by atoms with Gasteiger partial charge in [0.2, 0.25) is 0 Å². The average molecular weight is 297 g/mol. The molecule has 1 fully saturated rings. The third-order valence-corrected chi connectivity index (χ3v) is 5.72. The van der Waals surface area contributed by atoms with Crippen LogP contribution >= 0.6 is 11.8 Å². The van der Waals surface area contributed by atoms with Gasteiger partial charge in [0.15, 0.2) is 0 Å². The molecule has 2 aromatic carbocycles. The van der Waals surface area contributed by atoms with Crippen LogP contribution in [0.5, 0.6) is 5.75 Å². The number of amides is 1. The fraction of sp³-hybridized carbons (Fsp3) is 0.235. The molecule has 1 saturated heterocycles. The van der Waals surface area contributed by atoms with Crippen molar-refractivity contribution in [3.05, 3.63) is 65.2 Å². The molecule has 1 amide bonds. The molecule has 2 aliphatic heterocycles. The standard InChI is InChI=1S/C17H15NO2S/c1-20-13-7-8-14-15(11-13)17(12-5-3-2-4-6-12)18(16(14)19)9-10-21-17/h2-8,11H,9-10H2,1H3. The van der Waals surface area contributed by atoms with Crippen molar-refractivity contribution >= 4 is 17.7 Å². The van der Waals surface area contributed by atoms with Crippen LogP contribution in [0.25, 0.3) is 0 Å². The van der Waals surface area contributed by atoms with Gasteiger partial charge in [0.1, 0.15) is 10.6 Å². The van der Waals surface area contributed by atoms with E-state index in [2.05, 4.69) is 12.1 Å². The van der Waals surface area contributed by atoms with Gasteiger partial charge in [-0.2, -0.15) is 0 Å². The summed E-state index contributed by atoms with van der Waals surface area (Å²) in [4.78, 5) is 14.3. The minimum atomic E-state index is -0.387. The lowest BCUT2D eigenvalue weighted by molar-refractivity contribution is 0.0752. The summed E-state index contributed by atoms with van der Waals surface area (Å²) in [5.41, 5.74) is 3.01. The van der Waals surface area contributed by atoms with Crippen LogP contribution in [-0.2, 0) is 4.87 Å². The Kier molecular flexibility index (Phi) is 2.76. The van der Waals surface area contributed by atoms with Crippen molar-refractivity contribution < 1.29 is 9.53 Å². The van der Waals surface area contributed by atoms with Gasteiger partial charge in [-0.15, -0.1) is 11.8 Å². The van der Waals surface area contributed by atoms with Crippen LogP contribution in [0.15, 0.2) is 48.5 Å². The maximum Gasteiger partial charge on any atom is 0.255 e. The predicted octanol–water partition coefficient (Wildman–Crippen LogP) is 3.10. The Morgan fingerprint density at radius 3 is 2.76 bits per heavy atom. The van der Waals surface area contributed by atoms with Crippen LogP contribution in [0.2, 0.25) is 0 Å². The lowest BCUT2D eigenvalue weighted by Crippen LogP contribution is -2.37. The summed E-state index contributed by atoms with van der Waals surface area (Å²) in [7, 11) is 1.66. The molecule has 0 spiro atoms. The van der Waals surface area contributed by atoms with Gasteiger partial charge in [-0.1, -0.05) is 30.3 Å². The summed E-state index contributed by atoms with van der Waals surface area (Å²) in [6, 6.07) is 16.0. The fourth-order valence-corrected chi connectivity index (χ4v) is 4.84. The molecule has 0 N–H and O–H groups in total. The maximum absolute atomic E-state index is 12.7. The molecule has 4 rings (SSSR count). The first-order chi connectivity index (χ1) is 10.3. The number of hydrogen-bond acceptors (Lipinski definition) is 3. The molecule has 2 aliphatic rings. The van der Waals surface area contributed by atoms with Crippen molar-refractivity contribution in [1.29, 1.82) is 0 Å². The van der Waals surface area contributed by atoms with E-state index in [9.17, 15) is 4.79 Å². The highest BCUT2D eigenvalue weighted by molar-refractivity contribution is 8.00. The summed E-state index contributed by atoms with van der Waals surface area (Å²) in [5.74, 6) is 1.88. The average Bonchev–Trinajstić information content (AvgIpc) is 3.08. The van der Waals surface area contributed by atoms with Crippen molar-refractivity contribution in [3.8, 4) is 5.75 Å². The van der Waals surface area contributed by atoms with Gasteiger partial charge < -0.3 is 9.64 Å².